The quantitative estimate of drug-likeness (QED) is 0.801. The maximum atomic E-state index is 11.3. The van der Waals surface area contributed by atoms with E-state index in [4.69, 9.17) is 11.6 Å². The SMILES string of the molecule is O=C1CN(C2CN(c3ncc(Cl)cn3)C2)CCN1. The van der Waals surface area contributed by atoms with Gasteiger partial charge in [-0.25, -0.2) is 9.97 Å². The standard InChI is InChI=1S/C11H14ClN5O/c12-8-3-14-11(15-4-8)17-5-9(6-17)16-2-1-13-10(18)7-16/h3-4,9H,1-2,5-7H2,(H,13,18). The summed E-state index contributed by atoms with van der Waals surface area (Å²) in [7, 11) is 0. The van der Waals surface area contributed by atoms with Crippen molar-refractivity contribution >= 4 is 23.5 Å². The third kappa shape index (κ3) is 2.26. The van der Waals surface area contributed by atoms with Gasteiger partial charge in [-0.1, -0.05) is 11.6 Å². The number of amides is 1. The smallest absolute Gasteiger partial charge is 0.234 e. The Hall–Kier alpha value is -1.40. The van der Waals surface area contributed by atoms with Gasteiger partial charge in [-0.05, 0) is 0 Å². The Bertz CT molecular complexity index is 445. The molecule has 2 fully saturated rings. The second kappa shape index (κ2) is 4.70. The molecule has 0 saturated carbocycles. The predicted octanol–water partition coefficient (Wildman–Crippen LogP) is -0.250. The first kappa shape index (κ1) is 11.7. The Kier molecular flexibility index (Phi) is 3.05. The van der Waals surface area contributed by atoms with Gasteiger partial charge in [-0.2, -0.15) is 0 Å². The molecule has 0 spiro atoms. The summed E-state index contributed by atoms with van der Waals surface area (Å²) in [5, 5.41) is 3.38. The van der Waals surface area contributed by atoms with Crippen molar-refractivity contribution in [3.8, 4) is 0 Å². The van der Waals surface area contributed by atoms with Crippen LogP contribution in [0.5, 0.6) is 0 Å². The lowest BCUT2D eigenvalue weighted by Gasteiger charge is -2.46. The van der Waals surface area contributed by atoms with Gasteiger partial charge < -0.3 is 10.2 Å². The van der Waals surface area contributed by atoms with Crippen LogP contribution in [0.1, 0.15) is 0 Å². The molecule has 2 aliphatic heterocycles. The van der Waals surface area contributed by atoms with Crippen LogP contribution in [0, 0.1) is 0 Å². The summed E-state index contributed by atoms with van der Waals surface area (Å²) in [6.45, 7) is 3.91. The number of halogens is 1. The molecule has 0 bridgehead atoms. The minimum atomic E-state index is 0.113. The number of carbonyl (C=O) groups excluding carboxylic acids is 1. The first-order valence-corrected chi connectivity index (χ1v) is 6.33. The number of nitrogens with zero attached hydrogens (tertiary/aromatic N) is 4. The Morgan fingerprint density at radius 3 is 2.72 bits per heavy atom. The normalized spacial score (nSPS) is 21.6. The molecule has 1 aromatic heterocycles. The fourth-order valence-corrected chi connectivity index (χ4v) is 2.39. The molecule has 1 amide bonds. The summed E-state index contributed by atoms with van der Waals surface area (Å²) in [6.07, 6.45) is 3.21. The van der Waals surface area contributed by atoms with E-state index in [1.807, 2.05) is 0 Å². The van der Waals surface area contributed by atoms with E-state index in [0.717, 1.165) is 26.2 Å². The molecule has 2 saturated heterocycles. The number of hydrogen-bond acceptors (Lipinski definition) is 5. The van der Waals surface area contributed by atoms with E-state index in [9.17, 15) is 4.79 Å². The Balaban J connectivity index is 1.56. The summed E-state index contributed by atoms with van der Waals surface area (Å²) < 4.78 is 0. The zero-order valence-electron chi connectivity index (χ0n) is 9.84. The highest BCUT2D eigenvalue weighted by Crippen LogP contribution is 2.21. The average Bonchev–Trinajstić information content (AvgIpc) is 2.30. The number of carbonyl (C=O) groups is 1. The monoisotopic (exact) mass is 267 g/mol. The summed E-state index contributed by atoms with van der Waals surface area (Å²) >= 11 is 5.75. The van der Waals surface area contributed by atoms with Gasteiger partial charge in [0.1, 0.15) is 0 Å². The van der Waals surface area contributed by atoms with Crippen LogP contribution in [0.2, 0.25) is 5.02 Å². The number of hydrogen-bond donors (Lipinski definition) is 1. The van der Waals surface area contributed by atoms with Gasteiger partial charge in [0.2, 0.25) is 11.9 Å². The minimum Gasteiger partial charge on any atom is -0.354 e. The van der Waals surface area contributed by atoms with Crippen molar-refractivity contribution in [3.63, 3.8) is 0 Å². The van der Waals surface area contributed by atoms with Crippen molar-refractivity contribution in [2.75, 3.05) is 37.6 Å². The molecule has 3 rings (SSSR count). The molecular weight excluding hydrogens is 254 g/mol. The minimum absolute atomic E-state index is 0.113. The number of anilines is 1. The van der Waals surface area contributed by atoms with Crippen molar-refractivity contribution in [3.05, 3.63) is 17.4 Å². The maximum Gasteiger partial charge on any atom is 0.234 e. The Morgan fingerprint density at radius 2 is 2.06 bits per heavy atom. The molecule has 3 heterocycles. The molecular formula is C11H14ClN5O. The molecule has 1 N–H and O–H groups in total. The lowest BCUT2D eigenvalue weighted by molar-refractivity contribution is -0.125. The molecule has 1 aromatic rings. The molecule has 18 heavy (non-hydrogen) atoms. The lowest BCUT2D eigenvalue weighted by Crippen LogP contribution is -2.64. The van der Waals surface area contributed by atoms with Crippen LogP contribution in [0.4, 0.5) is 5.95 Å². The highest BCUT2D eigenvalue weighted by molar-refractivity contribution is 6.30. The molecule has 96 valence electrons. The third-order valence-corrected chi connectivity index (χ3v) is 3.53. The Morgan fingerprint density at radius 1 is 1.33 bits per heavy atom. The summed E-state index contributed by atoms with van der Waals surface area (Å²) in [4.78, 5) is 24.0. The van der Waals surface area contributed by atoms with Crippen LogP contribution < -0.4 is 10.2 Å². The van der Waals surface area contributed by atoms with Crippen molar-refractivity contribution in [1.29, 1.82) is 0 Å². The molecule has 7 heteroatoms. The van der Waals surface area contributed by atoms with Crippen molar-refractivity contribution in [1.82, 2.24) is 20.2 Å². The van der Waals surface area contributed by atoms with Gasteiger partial charge in [-0.15, -0.1) is 0 Å². The van der Waals surface area contributed by atoms with Gasteiger partial charge >= 0.3 is 0 Å². The molecule has 0 unspecified atom stereocenters. The van der Waals surface area contributed by atoms with Crippen LogP contribution in [-0.2, 0) is 4.79 Å². The van der Waals surface area contributed by atoms with E-state index >= 15 is 0 Å². The van der Waals surface area contributed by atoms with Crippen LogP contribution >= 0.6 is 11.6 Å². The van der Waals surface area contributed by atoms with E-state index in [1.54, 1.807) is 12.4 Å². The second-order valence-corrected chi connectivity index (χ2v) is 5.02. The molecule has 6 nitrogen and oxygen atoms in total. The third-order valence-electron chi connectivity index (χ3n) is 3.34. The molecule has 2 aliphatic rings. The van der Waals surface area contributed by atoms with E-state index in [1.165, 1.54) is 0 Å². The number of nitrogens with one attached hydrogen (secondary N) is 1. The van der Waals surface area contributed by atoms with Crippen molar-refractivity contribution in [2.24, 2.45) is 0 Å². The first-order valence-electron chi connectivity index (χ1n) is 5.95. The van der Waals surface area contributed by atoms with Crippen LogP contribution in [0.25, 0.3) is 0 Å². The molecule has 0 aromatic carbocycles. The molecule has 0 radical (unpaired) electrons. The van der Waals surface area contributed by atoms with Gasteiger partial charge in [-0.3, -0.25) is 9.69 Å². The number of piperazine rings is 1. The van der Waals surface area contributed by atoms with E-state index in [0.29, 0.717) is 23.6 Å². The summed E-state index contributed by atoms with van der Waals surface area (Å²) in [6, 6.07) is 0.426. The number of aromatic nitrogens is 2. The predicted molar refractivity (Wildman–Crippen MR) is 67.6 cm³/mol. The highest BCUT2D eigenvalue weighted by Gasteiger charge is 2.35. The average molecular weight is 268 g/mol. The van der Waals surface area contributed by atoms with Gasteiger partial charge in [0.25, 0.3) is 0 Å². The fraction of sp³-hybridized carbons (Fsp3) is 0.545. The lowest BCUT2D eigenvalue weighted by atomic mass is 10.1. The maximum absolute atomic E-state index is 11.3. The first-order chi connectivity index (χ1) is 8.72. The second-order valence-electron chi connectivity index (χ2n) is 4.58. The van der Waals surface area contributed by atoms with Gasteiger partial charge in [0, 0.05) is 32.2 Å². The molecule has 0 atom stereocenters. The Labute approximate surface area is 110 Å². The molecule has 0 aliphatic carbocycles. The van der Waals surface area contributed by atoms with E-state index in [-0.39, 0.29) is 5.91 Å². The van der Waals surface area contributed by atoms with E-state index < -0.39 is 0 Å². The number of rotatable bonds is 2. The van der Waals surface area contributed by atoms with Gasteiger partial charge in [0.05, 0.1) is 24.0 Å². The van der Waals surface area contributed by atoms with Crippen molar-refractivity contribution < 1.29 is 4.79 Å². The topological polar surface area (TPSA) is 61.4 Å². The largest absolute Gasteiger partial charge is 0.354 e. The van der Waals surface area contributed by atoms with Gasteiger partial charge in [0.15, 0.2) is 0 Å². The van der Waals surface area contributed by atoms with Crippen LogP contribution in [-0.4, -0.2) is 59.5 Å². The zero-order valence-corrected chi connectivity index (χ0v) is 10.6. The van der Waals surface area contributed by atoms with Crippen molar-refractivity contribution in [2.45, 2.75) is 6.04 Å². The van der Waals surface area contributed by atoms with Crippen LogP contribution in [0.15, 0.2) is 12.4 Å². The fourth-order valence-electron chi connectivity index (χ4n) is 2.29. The van der Waals surface area contributed by atoms with Crippen LogP contribution in [0.3, 0.4) is 0 Å². The van der Waals surface area contributed by atoms with E-state index in [2.05, 4.69) is 25.1 Å². The highest BCUT2D eigenvalue weighted by atomic mass is 35.5. The zero-order chi connectivity index (χ0) is 12.5. The summed E-state index contributed by atoms with van der Waals surface area (Å²) in [5.74, 6) is 0.819. The summed E-state index contributed by atoms with van der Waals surface area (Å²) in [5.41, 5.74) is 0.